The van der Waals surface area contributed by atoms with Gasteiger partial charge in [-0.15, -0.1) is 0 Å². The fraction of sp³-hybridized carbons (Fsp3) is 0.406. The van der Waals surface area contributed by atoms with Crippen LogP contribution in [0.4, 0.5) is 0 Å². The first kappa shape index (κ1) is 30.9. The van der Waals surface area contributed by atoms with Crippen molar-refractivity contribution < 1.29 is 34.0 Å². The number of aromatic hydroxyl groups is 1. The highest BCUT2D eigenvalue weighted by molar-refractivity contribution is 5.89. The first-order valence-electron chi connectivity index (χ1n) is 13.8. The summed E-state index contributed by atoms with van der Waals surface area (Å²) in [4.78, 5) is 12.8. The third-order valence-electron chi connectivity index (χ3n) is 6.49. The lowest BCUT2D eigenvalue weighted by atomic mass is 10.0. The Kier molecular flexibility index (Phi) is 13.3. The minimum Gasteiger partial charge on any atom is -0.508 e. The van der Waals surface area contributed by atoms with Gasteiger partial charge >= 0.3 is 5.97 Å². The Morgan fingerprint density at radius 3 is 2.35 bits per heavy atom. The molecule has 0 radical (unpaired) electrons. The van der Waals surface area contributed by atoms with Gasteiger partial charge in [0.2, 0.25) is 0 Å². The summed E-state index contributed by atoms with van der Waals surface area (Å²) in [6, 6.07) is 21.5. The quantitative estimate of drug-likeness (QED) is 0.142. The molecule has 40 heavy (non-hydrogen) atoms. The van der Waals surface area contributed by atoms with Gasteiger partial charge in [-0.25, -0.2) is 4.79 Å². The molecular formula is C32H41NO7. The standard InChI is InChI=1S/C32H41NO7/c1-24(9-6-7-18-38-19-8-20-39-29-15-13-28(37-2)14-16-29)33-22-31(26-12-17-30(35)27(21-26)23-34)40-32(36)25-10-4-3-5-11-25/h3-5,10-17,21,24,31,33-35H,6-9,18-20,22-23H2,1-2H3. The number of carbonyl (C=O) groups is 1. The van der Waals surface area contributed by atoms with Crippen LogP contribution in [0.2, 0.25) is 0 Å². The van der Waals surface area contributed by atoms with E-state index in [1.165, 1.54) is 6.07 Å². The maximum absolute atomic E-state index is 12.8. The number of benzene rings is 3. The molecule has 2 unspecified atom stereocenters. The summed E-state index contributed by atoms with van der Waals surface area (Å²) in [6.45, 7) is 4.15. The van der Waals surface area contributed by atoms with Crippen molar-refractivity contribution in [3.05, 3.63) is 89.5 Å². The fourth-order valence-electron chi connectivity index (χ4n) is 4.12. The Bertz CT molecular complexity index is 1140. The smallest absolute Gasteiger partial charge is 0.338 e. The van der Waals surface area contributed by atoms with Gasteiger partial charge in [-0.05, 0) is 80.3 Å². The second-order valence-corrected chi connectivity index (χ2v) is 9.60. The number of methoxy groups -OCH3 is 1. The fourth-order valence-corrected chi connectivity index (χ4v) is 4.12. The van der Waals surface area contributed by atoms with Crippen LogP contribution in [-0.2, 0) is 16.1 Å². The Labute approximate surface area is 236 Å². The van der Waals surface area contributed by atoms with E-state index in [0.717, 1.165) is 37.2 Å². The Balaban J connectivity index is 1.36. The Hall–Kier alpha value is -3.59. The number of aliphatic hydroxyl groups excluding tert-OH is 1. The highest BCUT2D eigenvalue weighted by atomic mass is 16.5. The third kappa shape index (κ3) is 10.5. The van der Waals surface area contributed by atoms with Crippen LogP contribution in [0.5, 0.6) is 17.2 Å². The van der Waals surface area contributed by atoms with E-state index in [-0.39, 0.29) is 18.4 Å². The van der Waals surface area contributed by atoms with Crippen molar-refractivity contribution in [1.29, 1.82) is 0 Å². The largest absolute Gasteiger partial charge is 0.508 e. The first-order chi connectivity index (χ1) is 19.5. The zero-order valence-corrected chi connectivity index (χ0v) is 23.4. The van der Waals surface area contributed by atoms with Gasteiger partial charge < -0.3 is 34.5 Å². The number of aliphatic hydroxyl groups is 1. The minimum atomic E-state index is -0.579. The molecule has 3 aromatic carbocycles. The van der Waals surface area contributed by atoms with Crippen molar-refractivity contribution in [3.8, 4) is 17.2 Å². The number of hydrogen-bond acceptors (Lipinski definition) is 8. The summed E-state index contributed by atoms with van der Waals surface area (Å²) in [7, 11) is 1.64. The SMILES string of the molecule is COc1ccc(OCCCOCCCCC(C)NCC(OC(=O)c2ccccc2)c2ccc(O)c(CO)c2)cc1. The minimum absolute atomic E-state index is 0.00713. The van der Waals surface area contributed by atoms with Crippen LogP contribution in [0.3, 0.4) is 0 Å². The number of nitrogens with one attached hydrogen (secondary N) is 1. The molecule has 8 heteroatoms. The average molecular weight is 552 g/mol. The van der Waals surface area contributed by atoms with Crippen molar-refractivity contribution in [2.75, 3.05) is 33.5 Å². The zero-order chi connectivity index (χ0) is 28.6. The van der Waals surface area contributed by atoms with Gasteiger partial charge in [0.1, 0.15) is 23.4 Å². The summed E-state index contributed by atoms with van der Waals surface area (Å²) < 4.78 is 22.4. The summed E-state index contributed by atoms with van der Waals surface area (Å²) in [5.74, 6) is 1.21. The van der Waals surface area contributed by atoms with Crippen molar-refractivity contribution in [2.45, 2.75) is 51.4 Å². The summed E-state index contributed by atoms with van der Waals surface area (Å²) >= 11 is 0. The number of carbonyl (C=O) groups excluding carboxylic acids is 1. The molecular weight excluding hydrogens is 510 g/mol. The van der Waals surface area contributed by atoms with Gasteiger partial charge in [-0.1, -0.05) is 24.3 Å². The third-order valence-corrected chi connectivity index (χ3v) is 6.49. The molecule has 216 valence electrons. The van der Waals surface area contributed by atoms with Crippen LogP contribution in [0.25, 0.3) is 0 Å². The number of phenols is 1. The molecule has 0 heterocycles. The first-order valence-corrected chi connectivity index (χ1v) is 13.8. The molecule has 0 spiro atoms. The van der Waals surface area contributed by atoms with E-state index in [2.05, 4.69) is 12.2 Å². The normalized spacial score (nSPS) is 12.5. The van der Waals surface area contributed by atoms with Crippen molar-refractivity contribution in [1.82, 2.24) is 5.32 Å². The molecule has 0 saturated carbocycles. The van der Waals surface area contributed by atoms with Gasteiger partial charge in [-0.3, -0.25) is 0 Å². The van der Waals surface area contributed by atoms with Crippen molar-refractivity contribution in [3.63, 3.8) is 0 Å². The average Bonchev–Trinajstić information content (AvgIpc) is 2.99. The number of unbranched alkanes of at least 4 members (excludes halogenated alkanes) is 1. The van der Waals surface area contributed by atoms with Crippen LogP contribution in [-0.4, -0.2) is 55.7 Å². The molecule has 0 aliphatic rings. The Morgan fingerprint density at radius 1 is 0.900 bits per heavy atom. The molecule has 0 aliphatic carbocycles. The highest BCUT2D eigenvalue weighted by Crippen LogP contribution is 2.25. The molecule has 0 saturated heterocycles. The van der Waals surface area contributed by atoms with Crippen LogP contribution >= 0.6 is 0 Å². The van der Waals surface area contributed by atoms with Crippen LogP contribution in [0.1, 0.15) is 60.2 Å². The lowest BCUT2D eigenvalue weighted by Crippen LogP contribution is -2.32. The van der Waals surface area contributed by atoms with E-state index < -0.39 is 12.1 Å². The molecule has 8 nitrogen and oxygen atoms in total. The van der Waals surface area contributed by atoms with Gasteiger partial charge in [0, 0.05) is 37.8 Å². The number of hydrogen-bond donors (Lipinski definition) is 3. The second-order valence-electron chi connectivity index (χ2n) is 9.60. The number of esters is 1. The van der Waals surface area contributed by atoms with Crippen molar-refractivity contribution in [2.24, 2.45) is 0 Å². The van der Waals surface area contributed by atoms with Gasteiger partial charge in [-0.2, -0.15) is 0 Å². The number of ether oxygens (including phenoxy) is 4. The summed E-state index contributed by atoms with van der Waals surface area (Å²) in [6.07, 6.45) is 3.14. The molecule has 0 fully saturated rings. The van der Waals surface area contributed by atoms with E-state index in [1.54, 1.807) is 43.5 Å². The second kappa shape index (κ2) is 17.2. The number of rotatable bonds is 18. The van der Waals surface area contributed by atoms with E-state index >= 15 is 0 Å². The topological polar surface area (TPSA) is 106 Å². The van der Waals surface area contributed by atoms with Crippen LogP contribution in [0, 0.1) is 0 Å². The maximum Gasteiger partial charge on any atom is 0.338 e. The molecule has 3 aromatic rings. The van der Waals surface area contributed by atoms with Crippen LogP contribution < -0.4 is 14.8 Å². The predicted molar refractivity (Wildman–Crippen MR) is 154 cm³/mol. The molecule has 3 rings (SSSR count). The predicted octanol–water partition coefficient (Wildman–Crippen LogP) is 5.43. The van der Waals surface area contributed by atoms with Crippen molar-refractivity contribution >= 4 is 5.97 Å². The molecule has 0 bridgehead atoms. The molecule has 0 amide bonds. The van der Waals surface area contributed by atoms with Gasteiger partial charge in [0.05, 0.1) is 25.9 Å². The van der Waals surface area contributed by atoms with E-state index in [0.29, 0.717) is 43.1 Å². The highest BCUT2D eigenvalue weighted by Gasteiger charge is 2.20. The summed E-state index contributed by atoms with van der Waals surface area (Å²) in [5, 5.41) is 23.0. The molecule has 0 aliphatic heterocycles. The maximum atomic E-state index is 12.8. The lowest BCUT2D eigenvalue weighted by molar-refractivity contribution is 0.0290. The monoisotopic (exact) mass is 551 g/mol. The van der Waals surface area contributed by atoms with E-state index in [1.807, 2.05) is 30.3 Å². The summed E-state index contributed by atoms with van der Waals surface area (Å²) in [5.41, 5.74) is 1.56. The Morgan fingerprint density at radius 2 is 1.62 bits per heavy atom. The van der Waals surface area contributed by atoms with Crippen LogP contribution in [0.15, 0.2) is 72.8 Å². The van der Waals surface area contributed by atoms with E-state index in [9.17, 15) is 15.0 Å². The zero-order valence-electron chi connectivity index (χ0n) is 23.4. The van der Waals surface area contributed by atoms with E-state index in [4.69, 9.17) is 18.9 Å². The molecule has 2 atom stereocenters. The van der Waals surface area contributed by atoms with Gasteiger partial charge in [0.15, 0.2) is 0 Å². The lowest BCUT2D eigenvalue weighted by Gasteiger charge is -2.22. The molecule has 0 aromatic heterocycles. The molecule has 3 N–H and O–H groups in total. The van der Waals surface area contributed by atoms with Gasteiger partial charge in [0.25, 0.3) is 0 Å².